The maximum atomic E-state index is 11.2. The minimum absolute atomic E-state index is 0.113. The predicted octanol–water partition coefficient (Wildman–Crippen LogP) is 1.47. The molecule has 2 aliphatic rings. The van der Waals surface area contributed by atoms with Crippen LogP contribution in [0.1, 0.15) is 33.1 Å². The molecule has 0 amide bonds. The van der Waals surface area contributed by atoms with Crippen molar-refractivity contribution < 1.29 is 33.3 Å². The van der Waals surface area contributed by atoms with Gasteiger partial charge in [0.05, 0.1) is 18.8 Å². The first-order valence-electron chi connectivity index (χ1n) is 8.22. The first-order chi connectivity index (χ1) is 12.0. The van der Waals surface area contributed by atoms with Crippen molar-refractivity contribution in [3.8, 4) is 0 Å². The lowest BCUT2D eigenvalue weighted by atomic mass is 10.0. The maximum absolute atomic E-state index is 11.2. The Balaban J connectivity index is 1.93. The Hall–Kier alpha value is -1.87. The number of hydrogen-bond acceptors (Lipinski definition) is 8. The predicted molar refractivity (Wildman–Crippen MR) is 83.3 cm³/mol. The third-order valence-corrected chi connectivity index (χ3v) is 3.93. The molecule has 2 aliphatic heterocycles. The average molecular weight is 357 g/mol. The first kappa shape index (κ1) is 19.5. The van der Waals surface area contributed by atoms with Gasteiger partial charge in [0.25, 0.3) is 0 Å². The number of azide groups is 1. The summed E-state index contributed by atoms with van der Waals surface area (Å²) < 4.78 is 27.5. The zero-order valence-corrected chi connectivity index (χ0v) is 14.3. The second kappa shape index (κ2) is 9.57. The number of ether oxygens (including phenoxy) is 5. The van der Waals surface area contributed by atoms with Crippen molar-refractivity contribution in [2.24, 2.45) is 5.11 Å². The van der Waals surface area contributed by atoms with Gasteiger partial charge in [-0.2, -0.15) is 0 Å². The van der Waals surface area contributed by atoms with Gasteiger partial charge in [-0.25, -0.2) is 0 Å². The van der Waals surface area contributed by atoms with E-state index in [0.717, 1.165) is 0 Å². The van der Waals surface area contributed by atoms with Crippen LogP contribution >= 0.6 is 0 Å². The van der Waals surface area contributed by atoms with E-state index >= 15 is 0 Å². The van der Waals surface area contributed by atoms with Crippen molar-refractivity contribution in [1.29, 1.82) is 0 Å². The minimum atomic E-state index is -0.622. The molecule has 0 saturated carbocycles. The Morgan fingerprint density at radius 2 is 2.08 bits per heavy atom. The summed E-state index contributed by atoms with van der Waals surface area (Å²) in [6.45, 7) is 3.42. The topological polar surface area (TPSA) is 129 Å². The molecule has 0 radical (unpaired) electrons. The van der Waals surface area contributed by atoms with Crippen LogP contribution in [0.4, 0.5) is 0 Å². The van der Waals surface area contributed by atoms with E-state index in [1.54, 1.807) is 0 Å². The maximum Gasteiger partial charge on any atom is 0.302 e. The largest absolute Gasteiger partial charge is 0.463 e. The second-order valence-corrected chi connectivity index (χ2v) is 5.98. The van der Waals surface area contributed by atoms with E-state index in [0.29, 0.717) is 25.9 Å². The molecule has 2 rings (SSSR count). The molecule has 5 atom stereocenters. The fourth-order valence-corrected chi connectivity index (χ4v) is 2.93. The number of rotatable bonds is 7. The van der Waals surface area contributed by atoms with Crippen molar-refractivity contribution in [2.75, 3.05) is 19.8 Å². The molecular formula is C15H23N3O7. The second-order valence-electron chi connectivity index (χ2n) is 5.98. The Morgan fingerprint density at radius 1 is 1.28 bits per heavy atom. The lowest BCUT2D eigenvalue weighted by Gasteiger charge is -2.36. The zero-order valence-electron chi connectivity index (χ0n) is 14.3. The molecule has 0 bridgehead atoms. The number of carbonyl (C=O) groups is 2. The van der Waals surface area contributed by atoms with Crippen molar-refractivity contribution >= 4 is 11.9 Å². The van der Waals surface area contributed by atoms with E-state index in [4.69, 9.17) is 29.2 Å². The van der Waals surface area contributed by atoms with Gasteiger partial charge in [-0.1, -0.05) is 5.11 Å². The van der Waals surface area contributed by atoms with Crippen molar-refractivity contribution in [3.05, 3.63) is 10.4 Å². The van der Waals surface area contributed by atoms with E-state index < -0.39 is 12.4 Å². The van der Waals surface area contributed by atoms with Crippen LogP contribution in [-0.2, 0) is 33.3 Å². The van der Waals surface area contributed by atoms with Gasteiger partial charge in [0.2, 0.25) is 0 Å². The molecule has 10 heteroatoms. The standard InChI is InChI=1S/C15H23N3O7/c1-9(19)22-8-14-13(3-4-21-14)25-15-6-11(23-10(2)20)5-12(24-15)7-17-18-16/h11-15H,3-8H2,1-2H3/t11-,12+,13-,14+,15+/m0/s1. The lowest BCUT2D eigenvalue weighted by molar-refractivity contribution is -0.241. The van der Waals surface area contributed by atoms with Gasteiger partial charge < -0.3 is 23.7 Å². The average Bonchev–Trinajstić information content (AvgIpc) is 2.97. The molecule has 2 heterocycles. The summed E-state index contributed by atoms with van der Waals surface area (Å²) in [5, 5.41) is 3.52. The molecule has 0 aromatic carbocycles. The highest BCUT2D eigenvalue weighted by atomic mass is 16.7. The summed E-state index contributed by atoms with van der Waals surface area (Å²) in [7, 11) is 0. The SMILES string of the molecule is CC(=O)OC[C@H]1OCC[C@@H]1O[C@@H]1C[C@@H](OC(C)=O)C[C@H](CN=[N+]=[N-])O1. The normalized spacial score (nSPS) is 31.8. The number of carbonyl (C=O) groups excluding carboxylic acids is 2. The Kier molecular flexibility index (Phi) is 7.45. The summed E-state index contributed by atoms with van der Waals surface area (Å²) in [6.07, 6.45) is -0.580. The van der Waals surface area contributed by atoms with E-state index in [1.807, 2.05) is 0 Å². The smallest absolute Gasteiger partial charge is 0.302 e. The zero-order chi connectivity index (χ0) is 18.2. The highest BCUT2D eigenvalue weighted by Crippen LogP contribution is 2.27. The molecule has 0 aromatic rings. The van der Waals surface area contributed by atoms with E-state index in [1.165, 1.54) is 13.8 Å². The Bertz CT molecular complexity index is 511. The fourth-order valence-electron chi connectivity index (χ4n) is 2.93. The van der Waals surface area contributed by atoms with Crippen LogP contribution < -0.4 is 0 Å². The summed E-state index contributed by atoms with van der Waals surface area (Å²) in [5.74, 6) is -0.766. The van der Waals surface area contributed by atoms with Crippen LogP contribution in [0.15, 0.2) is 5.11 Å². The van der Waals surface area contributed by atoms with Gasteiger partial charge in [-0.15, -0.1) is 0 Å². The first-order valence-corrected chi connectivity index (χ1v) is 8.22. The summed E-state index contributed by atoms with van der Waals surface area (Å²) in [5.41, 5.74) is 8.47. The van der Waals surface area contributed by atoms with Gasteiger partial charge in [0.1, 0.15) is 18.8 Å². The molecule has 0 spiro atoms. The Labute approximate surface area is 145 Å². The van der Waals surface area contributed by atoms with Crippen LogP contribution in [-0.4, -0.2) is 62.4 Å². The third-order valence-electron chi connectivity index (χ3n) is 3.93. The van der Waals surface area contributed by atoms with E-state index in [-0.39, 0.29) is 43.4 Å². The molecule has 0 unspecified atom stereocenters. The molecule has 140 valence electrons. The van der Waals surface area contributed by atoms with Crippen molar-refractivity contribution in [2.45, 2.75) is 63.8 Å². The summed E-state index contributed by atoms with van der Waals surface area (Å²) >= 11 is 0. The van der Waals surface area contributed by atoms with Gasteiger partial charge in [0, 0.05) is 38.2 Å². The van der Waals surface area contributed by atoms with Gasteiger partial charge in [-0.05, 0) is 12.0 Å². The van der Waals surface area contributed by atoms with Gasteiger partial charge in [0.15, 0.2) is 6.29 Å². The quantitative estimate of drug-likeness (QED) is 0.292. The fraction of sp³-hybridized carbons (Fsp3) is 0.867. The molecule has 10 nitrogen and oxygen atoms in total. The highest BCUT2D eigenvalue weighted by Gasteiger charge is 2.37. The number of esters is 2. The van der Waals surface area contributed by atoms with Gasteiger partial charge >= 0.3 is 11.9 Å². The summed E-state index contributed by atoms with van der Waals surface area (Å²) in [6, 6.07) is 0. The lowest BCUT2D eigenvalue weighted by Crippen LogP contribution is -2.43. The molecule has 2 fully saturated rings. The molecule has 2 saturated heterocycles. The monoisotopic (exact) mass is 357 g/mol. The van der Waals surface area contributed by atoms with Crippen LogP contribution in [0.5, 0.6) is 0 Å². The molecule has 0 aromatic heterocycles. The van der Waals surface area contributed by atoms with E-state index in [9.17, 15) is 9.59 Å². The number of hydrogen-bond donors (Lipinski definition) is 0. The van der Waals surface area contributed by atoms with Crippen LogP contribution in [0.3, 0.4) is 0 Å². The van der Waals surface area contributed by atoms with Crippen molar-refractivity contribution in [3.63, 3.8) is 0 Å². The van der Waals surface area contributed by atoms with Crippen LogP contribution in [0, 0.1) is 0 Å². The van der Waals surface area contributed by atoms with Crippen LogP contribution in [0.2, 0.25) is 0 Å². The molecular weight excluding hydrogens is 334 g/mol. The van der Waals surface area contributed by atoms with E-state index in [2.05, 4.69) is 10.0 Å². The van der Waals surface area contributed by atoms with Crippen LogP contribution in [0.25, 0.3) is 10.4 Å². The minimum Gasteiger partial charge on any atom is -0.463 e. The molecule has 0 aliphatic carbocycles. The van der Waals surface area contributed by atoms with Crippen molar-refractivity contribution in [1.82, 2.24) is 0 Å². The Morgan fingerprint density at radius 3 is 2.76 bits per heavy atom. The van der Waals surface area contributed by atoms with Gasteiger partial charge in [-0.3, -0.25) is 9.59 Å². The molecule has 0 N–H and O–H groups in total. The highest BCUT2D eigenvalue weighted by molar-refractivity contribution is 5.66. The summed E-state index contributed by atoms with van der Waals surface area (Å²) in [4.78, 5) is 24.9. The number of nitrogens with zero attached hydrogens (tertiary/aromatic N) is 3. The molecule has 25 heavy (non-hydrogen) atoms. The third kappa shape index (κ3) is 6.50.